The van der Waals surface area contributed by atoms with Gasteiger partial charge in [0.25, 0.3) is 0 Å². The molecule has 0 bridgehead atoms. The van der Waals surface area contributed by atoms with Gasteiger partial charge < -0.3 is 4.74 Å². The molecule has 1 saturated heterocycles. The van der Waals surface area contributed by atoms with Gasteiger partial charge in [-0.1, -0.05) is 67.2 Å². The predicted molar refractivity (Wildman–Crippen MR) is 91.0 cm³/mol. The second-order valence-corrected chi connectivity index (χ2v) is 6.10. The van der Waals surface area contributed by atoms with Gasteiger partial charge in [-0.3, -0.25) is 4.90 Å². The summed E-state index contributed by atoms with van der Waals surface area (Å²) in [5.74, 6) is 0. The molecule has 3 rings (SSSR count). The van der Waals surface area contributed by atoms with E-state index in [0.29, 0.717) is 13.0 Å². The highest BCUT2D eigenvalue weighted by atomic mass is 16.6. The maximum Gasteiger partial charge on any atom is 0.415 e. The Morgan fingerprint density at radius 1 is 1.00 bits per heavy atom. The summed E-state index contributed by atoms with van der Waals surface area (Å²) in [6.07, 6.45) is 1.13. The standard InChI is InChI=1S/C20H21NO2/c1-16-20(2,15-18-11-7-4-8-12-18)23-19(22)21(16)14-13-17-9-5-3-6-10-17/h3-12H,1,13-15H2,2H3/t20-/m0/s1. The molecule has 0 radical (unpaired) electrons. The van der Waals surface area contributed by atoms with Crippen molar-refractivity contribution in [2.24, 2.45) is 0 Å². The van der Waals surface area contributed by atoms with Crippen LogP contribution in [-0.4, -0.2) is 23.1 Å². The number of amides is 1. The Labute approximate surface area is 137 Å². The Balaban J connectivity index is 1.69. The second-order valence-electron chi connectivity index (χ2n) is 6.10. The zero-order valence-electron chi connectivity index (χ0n) is 13.4. The monoisotopic (exact) mass is 307 g/mol. The average Bonchev–Trinajstić information content (AvgIpc) is 2.77. The summed E-state index contributed by atoms with van der Waals surface area (Å²) in [7, 11) is 0. The van der Waals surface area contributed by atoms with Crippen molar-refractivity contribution in [1.29, 1.82) is 0 Å². The summed E-state index contributed by atoms with van der Waals surface area (Å²) in [6, 6.07) is 20.2. The highest BCUT2D eigenvalue weighted by Gasteiger charge is 2.45. The second kappa shape index (κ2) is 6.29. The van der Waals surface area contributed by atoms with Crippen LogP contribution in [0.25, 0.3) is 0 Å². The molecular formula is C20H21NO2. The Hall–Kier alpha value is -2.55. The van der Waals surface area contributed by atoms with Gasteiger partial charge >= 0.3 is 6.09 Å². The van der Waals surface area contributed by atoms with Crippen LogP contribution in [0.15, 0.2) is 72.9 Å². The molecule has 1 heterocycles. The minimum Gasteiger partial charge on any atom is -0.436 e. The van der Waals surface area contributed by atoms with Gasteiger partial charge in [0.2, 0.25) is 0 Å². The third-order valence-corrected chi connectivity index (χ3v) is 4.32. The summed E-state index contributed by atoms with van der Waals surface area (Å²) in [4.78, 5) is 13.9. The quantitative estimate of drug-likeness (QED) is 0.828. The maximum absolute atomic E-state index is 12.3. The van der Waals surface area contributed by atoms with Gasteiger partial charge in [0.1, 0.15) is 0 Å². The molecule has 1 atom stereocenters. The zero-order valence-corrected chi connectivity index (χ0v) is 13.4. The highest BCUT2D eigenvalue weighted by molar-refractivity contribution is 5.75. The van der Waals surface area contributed by atoms with Gasteiger partial charge in [-0.25, -0.2) is 4.79 Å². The van der Waals surface area contributed by atoms with Crippen molar-refractivity contribution in [2.45, 2.75) is 25.4 Å². The van der Waals surface area contributed by atoms with Crippen LogP contribution in [0.2, 0.25) is 0 Å². The van der Waals surface area contributed by atoms with Crippen LogP contribution in [-0.2, 0) is 17.6 Å². The average molecular weight is 307 g/mol. The lowest BCUT2D eigenvalue weighted by atomic mass is 9.93. The van der Waals surface area contributed by atoms with Gasteiger partial charge in [0.15, 0.2) is 5.60 Å². The summed E-state index contributed by atoms with van der Waals surface area (Å²) in [5.41, 5.74) is 2.40. The lowest BCUT2D eigenvalue weighted by molar-refractivity contribution is 0.0817. The molecule has 0 N–H and O–H groups in total. The molecule has 0 aliphatic carbocycles. The van der Waals surface area contributed by atoms with Gasteiger partial charge in [0, 0.05) is 13.0 Å². The molecule has 1 fully saturated rings. The molecule has 3 heteroatoms. The SMILES string of the molecule is C=C1N(CCc2ccccc2)C(=O)O[C@@]1(C)Cc1ccccc1. The Morgan fingerprint density at radius 3 is 2.17 bits per heavy atom. The largest absolute Gasteiger partial charge is 0.436 e. The molecule has 0 aromatic heterocycles. The number of cyclic esters (lactones) is 1. The van der Waals surface area contributed by atoms with Gasteiger partial charge in [-0.05, 0) is 24.5 Å². The van der Waals surface area contributed by atoms with E-state index in [1.54, 1.807) is 4.90 Å². The van der Waals surface area contributed by atoms with Crippen molar-refractivity contribution < 1.29 is 9.53 Å². The third-order valence-electron chi connectivity index (χ3n) is 4.32. The molecule has 2 aromatic carbocycles. The number of ether oxygens (including phenoxy) is 1. The summed E-state index contributed by atoms with van der Waals surface area (Å²) in [5, 5.41) is 0. The van der Waals surface area contributed by atoms with Crippen molar-refractivity contribution >= 4 is 6.09 Å². The van der Waals surface area contributed by atoms with E-state index < -0.39 is 5.60 Å². The first-order valence-corrected chi connectivity index (χ1v) is 7.86. The first-order chi connectivity index (χ1) is 11.1. The molecule has 0 saturated carbocycles. The van der Waals surface area contributed by atoms with Crippen LogP contribution in [0.3, 0.4) is 0 Å². The zero-order chi connectivity index (χ0) is 16.3. The van der Waals surface area contributed by atoms with Crippen molar-refractivity contribution in [1.82, 2.24) is 4.90 Å². The maximum atomic E-state index is 12.3. The molecule has 1 aliphatic rings. The number of benzene rings is 2. The van der Waals surface area contributed by atoms with E-state index >= 15 is 0 Å². The van der Waals surface area contributed by atoms with Crippen LogP contribution < -0.4 is 0 Å². The van der Waals surface area contributed by atoms with Gasteiger partial charge in [0.05, 0.1) is 5.70 Å². The van der Waals surface area contributed by atoms with E-state index in [1.165, 1.54) is 5.56 Å². The number of hydrogen-bond donors (Lipinski definition) is 0. The number of carbonyl (C=O) groups excluding carboxylic acids is 1. The van der Waals surface area contributed by atoms with Gasteiger partial charge in [-0.2, -0.15) is 0 Å². The van der Waals surface area contributed by atoms with Crippen LogP contribution in [0.5, 0.6) is 0 Å². The molecular weight excluding hydrogens is 286 g/mol. The normalized spacial score (nSPS) is 20.7. The predicted octanol–water partition coefficient (Wildman–Crippen LogP) is 4.20. The van der Waals surface area contributed by atoms with E-state index in [-0.39, 0.29) is 6.09 Å². The minimum absolute atomic E-state index is 0.302. The fourth-order valence-corrected chi connectivity index (χ4v) is 2.94. The molecule has 2 aromatic rings. The molecule has 118 valence electrons. The first kappa shape index (κ1) is 15.3. The van der Waals surface area contributed by atoms with Crippen LogP contribution in [0.1, 0.15) is 18.1 Å². The van der Waals surface area contributed by atoms with Crippen LogP contribution >= 0.6 is 0 Å². The van der Waals surface area contributed by atoms with Crippen LogP contribution in [0, 0.1) is 0 Å². The third kappa shape index (κ3) is 3.29. The first-order valence-electron chi connectivity index (χ1n) is 7.86. The van der Waals surface area contributed by atoms with Crippen molar-refractivity contribution in [2.75, 3.05) is 6.54 Å². The van der Waals surface area contributed by atoms with Gasteiger partial charge in [-0.15, -0.1) is 0 Å². The summed E-state index contributed by atoms with van der Waals surface area (Å²) < 4.78 is 5.65. The number of hydrogen-bond acceptors (Lipinski definition) is 2. The smallest absolute Gasteiger partial charge is 0.415 e. The number of rotatable bonds is 5. The summed E-state index contributed by atoms with van der Waals surface area (Å²) in [6.45, 7) is 6.65. The Morgan fingerprint density at radius 2 is 1.57 bits per heavy atom. The summed E-state index contributed by atoms with van der Waals surface area (Å²) >= 11 is 0. The lowest BCUT2D eigenvalue weighted by Gasteiger charge is -2.24. The minimum atomic E-state index is -0.672. The van der Waals surface area contributed by atoms with E-state index in [2.05, 4.69) is 18.7 Å². The molecule has 0 spiro atoms. The fourth-order valence-electron chi connectivity index (χ4n) is 2.94. The Bertz CT molecular complexity index is 696. The molecule has 0 unspecified atom stereocenters. The number of carbonyl (C=O) groups is 1. The fraction of sp³-hybridized carbons (Fsp3) is 0.250. The molecule has 23 heavy (non-hydrogen) atoms. The lowest BCUT2D eigenvalue weighted by Crippen LogP contribution is -2.31. The van der Waals surface area contributed by atoms with E-state index in [4.69, 9.17) is 4.74 Å². The molecule has 1 amide bonds. The highest BCUT2D eigenvalue weighted by Crippen LogP contribution is 2.35. The Kier molecular flexibility index (Phi) is 4.20. The number of nitrogens with zero attached hydrogens (tertiary/aromatic N) is 1. The molecule has 1 aliphatic heterocycles. The van der Waals surface area contributed by atoms with Crippen molar-refractivity contribution in [3.8, 4) is 0 Å². The van der Waals surface area contributed by atoms with E-state index in [1.807, 2.05) is 55.5 Å². The van der Waals surface area contributed by atoms with E-state index in [0.717, 1.165) is 17.7 Å². The van der Waals surface area contributed by atoms with E-state index in [9.17, 15) is 4.79 Å². The topological polar surface area (TPSA) is 29.5 Å². The molecule has 3 nitrogen and oxygen atoms in total. The van der Waals surface area contributed by atoms with Crippen molar-refractivity contribution in [3.63, 3.8) is 0 Å². The van der Waals surface area contributed by atoms with Crippen LogP contribution in [0.4, 0.5) is 4.79 Å². The van der Waals surface area contributed by atoms with Crippen molar-refractivity contribution in [3.05, 3.63) is 84.1 Å².